The van der Waals surface area contributed by atoms with E-state index in [2.05, 4.69) is 41.1 Å². The molecule has 0 aliphatic carbocycles. The van der Waals surface area contributed by atoms with Gasteiger partial charge < -0.3 is 10.6 Å². The Labute approximate surface area is 278 Å². The average molecular weight is 651 g/mol. The van der Waals surface area contributed by atoms with Gasteiger partial charge in [-0.05, 0) is 91.9 Å². The fourth-order valence-corrected chi connectivity index (χ4v) is 5.58. The summed E-state index contributed by atoms with van der Waals surface area (Å²) in [5.74, 6) is -0.817. The maximum absolute atomic E-state index is 13.8. The molecule has 0 saturated carbocycles. The Bertz CT molecular complexity index is 1970. The highest BCUT2D eigenvalue weighted by atomic mass is 35.5. The number of nitrogens with zero attached hydrogens (tertiary/aromatic N) is 6. The fraction of sp³-hybridized carbons (Fsp3) is 0.257. The van der Waals surface area contributed by atoms with Gasteiger partial charge in [-0.2, -0.15) is 10.2 Å². The lowest BCUT2D eigenvalue weighted by Gasteiger charge is -2.20. The molecule has 2 aromatic heterocycles. The van der Waals surface area contributed by atoms with Crippen molar-refractivity contribution in [3.05, 3.63) is 112 Å². The van der Waals surface area contributed by atoms with Crippen LogP contribution in [0.2, 0.25) is 5.02 Å². The van der Waals surface area contributed by atoms with Gasteiger partial charge in [-0.1, -0.05) is 48.0 Å². The third-order valence-electron chi connectivity index (χ3n) is 8.00. The predicted octanol–water partition coefficient (Wildman–Crippen LogP) is 6.56. The molecule has 0 fully saturated rings. The van der Waals surface area contributed by atoms with Crippen molar-refractivity contribution in [3.8, 4) is 22.3 Å². The second kappa shape index (κ2) is 13.9. The van der Waals surface area contributed by atoms with E-state index in [4.69, 9.17) is 11.6 Å². The largest absolute Gasteiger partial charge is 0.339 e. The number of aromatic amines is 1. The molecular weight excluding hydrogens is 614 g/mol. The Kier molecular flexibility index (Phi) is 9.79. The van der Waals surface area contributed by atoms with E-state index < -0.39 is 17.5 Å². The minimum atomic E-state index is -0.952. The van der Waals surface area contributed by atoms with Gasteiger partial charge in [-0.25, -0.2) is 0 Å². The van der Waals surface area contributed by atoms with Gasteiger partial charge in [0.25, 0.3) is 5.91 Å². The van der Waals surface area contributed by atoms with E-state index in [0.29, 0.717) is 22.0 Å². The van der Waals surface area contributed by atoms with Gasteiger partial charge in [0.1, 0.15) is 29.0 Å². The molecular formula is C35H37ClN9O2+. The normalized spacial score (nSPS) is 11.8. The SMILES string of the molecule is CN=[N+]=NC(C)(C)c1cccc(-c2ccc(Cl)c(CC(NC(=O)c3ccnn3C)C(=O)Nc3ccc(-c4c(C)n[nH]c4C)cc3)c2)c1. The van der Waals surface area contributed by atoms with E-state index in [1.54, 1.807) is 26.2 Å². The maximum Gasteiger partial charge on any atom is 0.270 e. The summed E-state index contributed by atoms with van der Waals surface area (Å²) in [6.07, 6.45) is 1.67. The summed E-state index contributed by atoms with van der Waals surface area (Å²) in [7, 11) is 3.25. The molecule has 3 N–H and O–H groups in total. The minimum Gasteiger partial charge on any atom is -0.339 e. The number of aromatic nitrogens is 4. The number of rotatable bonds is 10. The Morgan fingerprint density at radius 2 is 1.74 bits per heavy atom. The van der Waals surface area contributed by atoms with Crippen LogP contribution in [0.1, 0.15) is 46.9 Å². The molecule has 1 unspecified atom stereocenters. The van der Waals surface area contributed by atoms with E-state index in [9.17, 15) is 9.59 Å². The first kappa shape index (κ1) is 33.0. The van der Waals surface area contributed by atoms with Gasteiger partial charge in [0.05, 0.1) is 5.69 Å². The molecule has 12 heteroatoms. The summed E-state index contributed by atoms with van der Waals surface area (Å²) in [4.78, 5) is 30.9. The lowest BCUT2D eigenvalue weighted by Crippen LogP contribution is -2.45. The van der Waals surface area contributed by atoms with Crippen LogP contribution in [-0.2, 0) is 23.8 Å². The smallest absolute Gasteiger partial charge is 0.270 e. The zero-order valence-electron chi connectivity index (χ0n) is 27.2. The summed E-state index contributed by atoms with van der Waals surface area (Å²) in [6.45, 7) is 7.84. The summed E-state index contributed by atoms with van der Waals surface area (Å²) in [6, 6.07) is 21.8. The highest BCUT2D eigenvalue weighted by molar-refractivity contribution is 6.31. The van der Waals surface area contributed by atoms with Gasteiger partial charge in [-0.15, -0.1) is 0 Å². The predicted molar refractivity (Wildman–Crippen MR) is 183 cm³/mol. The standard InChI is InChI=1S/C35H36ClN9O2/c1-21-32(22(2)42-41-21)23-10-13-28(14-11-23)39-33(46)30(40-34(47)31-16-17-38-45(31)6)20-26-18-25(12-15-29(26)36)24-8-7-9-27(19-24)35(3,4)43-44-37-5/h7-19,30H,20H2,1-6H3,(H2,37,40,43,47)/p+1. The Morgan fingerprint density at radius 3 is 2.40 bits per heavy atom. The topological polar surface area (TPSA) is 144 Å². The number of H-pyrrole nitrogens is 1. The zero-order chi connectivity index (χ0) is 33.7. The molecule has 11 nitrogen and oxygen atoms in total. The highest BCUT2D eigenvalue weighted by Gasteiger charge is 2.27. The Balaban J connectivity index is 1.43. The van der Waals surface area contributed by atoms with Gasteiger partial charge >= 0.3 is 0 Å². The summed E-state index contributed by atoms with van der Waals surface area (Å²) < 4.78 is 1.46. The number of benzene rings is 3. The van der Waals surface area contributed by atoms with Gasteiger partial charge in [0.2, 0.25) is 10.8 Å². The monoisotopic (exact) mass is 650 g/mol. The molecule has 0 aliphatic rings. The number of carbonyl (C=O) groups excluding carboxylic acids is 2. The van der Waals surface area contributed by atoms with Crippen LogP contribution in [0.15, 0.2) is 89.2 Å². The van der Waals surface area contributed by atoms with E-state index in [1.807, 2.05) is 88.4 Å². The van der Waals surface area contributed by atoms with Crippen LogP contribution in [0.4, 0.5) is 5.69 Å². The number of hydrogen-bond donors (Lipinski definition) is 3. The average Bonchev–Trinajstić information content (AvgIpc) is 3.64. The van der Waals surface area contributed by atoms with E-state index in [-0.39, 0.29) is 12.3 Å². The molecule has 2 heterocycles. The fourth-order valence-electron chi connectivity index (χ4n) is 5.39. The lowest BCUT2D eigenvalue weighted by atomic mass is 9.91. The van der Waals surface area contributed by atoms with Crippen LogP contribution in [0, 0.1) is 13.8 Å². The Morgan fingerprint density at radius 1 is 1.02 bits per heavy atom. The van der Waals surface area contributed by atoms with Crippen LogP contribution in [0.25, 0.3) is 22.3 Å². The molecule has 0 saturated heterocycles. The molecule has 0 aliphatic heterocycles. The van der Waals surface area contributed by atoms with Crippen molar-refractivity contribution in [2.24, 2.45) is 17.3 Å². The van der Waals surface area contributed by atoms with Gasteiger partial charge in [0.15, 0.2) is 5.54 Å². The maximum atomic E-state index is 13.8. The van der Waals surface area contributed by atoms with Crippen molar-refractivity contribution < 1.29 is 9.59 Å². The highest BCUT2D eigenvalue weighted by Crippen LogP contribution is 2.31. The van der Waals surface area contributed by atoms with E-state index >= 15 is 0 Å². The van der Waals surface area contributed by atoms with Gasteiger partial charge in [-0.3, -0.25) is 19.4 Å². The molecule has 0 bridgehead atoms. The first-order chi connectivity index (χ1) is 22.5. The lowest BCUT2D eigenvalue weighted by molar-refractivity contribution is -0.118. The van der Waals surface area contributed by atoms with Crippen LogP contribution in [0.3, 0.4) is 0 Å². The van der Waals surface area contributed by atoms with Crippen molar-refractivity contribution in [2.75, 3.05) is 12.4 Å². The molecule has 5 rings (SSSR count). The number of halogens is 1. The van der Waals surface area contributed by atoms with Crippen molar-refractivity contribution in [2.45, 2.75) is 45.7 Å². The van der Waals surface area contributed by atoms with E-state index in [0.717, 1.165) is 39.2 Å². The number of amides is 2. The van der Waals surface area contributed by atoms with Crippen molar-refractivity contribution >= 4 is 29.1 Å². The van der Waals surface area contributed by atoms with E-state index in [1.165, 1.54) is 10.9 Å². The third-order valence-corrected chi connectivity index (χ3v) is 8.37. The number of anilines is 1. The second-order valence-electron chi connectivity index (χ2n) is 11.8. The number of aryl methyl sites for hydroxylation is 3. The molecule has 1 atom stereocenters. The zero-order valence-corrected chi connectivity index (χ0v) is 27.9. The molecule has 0 spiro atoms. The summed E-state index contributed by atoms with van der Waals surface area (Å²) >= 11 is 6.70. The third kappa shape index (κ3) is 7.54. The Hall–Kier alpha value is -5.38. The van der Waals surface area contributed by atoms with Crippen molar-refractivity contribution in [1.29, 1.82) is 0 Å². The summed E-state index contributed by atoms with van der Waals surface area (Å²) in [5, 5.41) is 25.8. The minimum absolute atomic E-state index is 0.144. The second-order valence-corrected chi connectivity index (χ2v) is 12.2. The quantitative estimate of drug-likeness (QED) is 0.116. The van der Waals surface area contributed by atoms with Crippen LogP contribution in [0.5, 0.6) is 0 Å². The molecule has 3 aromatic carbocycles. The number of hydrogen-bond acceptors (Lipinski definition) is 6. The van der Waals surface area contributed by atoms with Gasteiger partial charge in [0, 0.05) is 41.6 Å². The molecule has 47 heavy (non-hydrogen) atoms. The first-order valence-corrected chi connectivity index (χ1v) is 15.5. The molecule has 240 valence electrons. The summed E-state index contributed by atoms with van der Waals surface area (Å²) in [5.41, 5.74) is 7.69. The van der Waals surface area contributed by atoms with Crippen LogP contribution in [-0.4, -0.2) is 44.9 Å². The molecule has 2 amide bonds. The van der Waals surface area contributed by atoms with Crippen LogP contribution >= 0.6 is 11.6 Å². The number of carbonyl (C=O) groups is 2. The first-order valence-electron chi connectivity index (χ1n) is 15.1. The molecule has 0 radical (unpaired) electrons. The van der Waals surface area contributed by atoms with Crippen LogP contribution < -0.4 is 15.5 Å². The van der Waals surface area contributed by atoms with Crippen molar-refractivity contribution in [3.63, 3.8) is 0 Å². The van der Waals surface area contributed by atoms with Crippen molar-refractivity contribution in [1.82, 2.24) is 30.2 Å². The molecule has 5 aromatic rings. The number of nitrogens with one attached hydrogen (secondary N) is 3.